The molecule has 0 radical (unpaired) electrons. The van der Waals surface area contributed by atoms with Crippen molar-refractivity contribution in [2.75, 3.05) is 14.2 Å². The van der Waals surface area contributed by atoms with Gasteiger partial charge < -0.3 is 14.6 Å². The maximum atomic E-state index is 12.7. The fraction of sp³-hybridized carbons (Fsp3) is 0.667. The first-order valence-electron chi connectivity index (χ1n) is 11.3. The first-order chi connectivity index (χ1) is 15.7. The number of thioether (sulfide) groups is 1. The molecule has 0 saturated heterocycles. The number of aliphatic carboxylic acids is 1. The highest BCUT2D eigenvalue weighted by atomic mass is 35.5. The zero-order valence-electron chi connectivity index (χ0n) is 20.2. The van der Waals surface area contributed by atoms with Crippen LogP contribution in [0.1, 0.15) is 53.4 Å². The van der Waals surface area contributed by atoms with Crippen LogP contribution in [-0.2, 0) is 4.79 Å². The van der Waals surface area contributed by atoms with Crippen molar-refractivity contribution in [3.63, 3.8) is 0 Å². The van der Waals surface area contributed by atoms with Gasteiger partial charge in [-0.3, -0.25) is 4.79 Å². The first-order valence-corrected chi connectivity index (χ1v) is 12.6. The highest BCUT2D eigenvalue weighted by Crippen LogP contribution is 2.61. The molecule has 0 aromatic carbocycles. The van der Waals surface area contributed by atoms with Gasteiger partial charge in [-0.1, -0.05) is 77.3 Å². The van der Waals surface area contributed by atoms with E-state index in [1.54, 1.807) is 12.1 Å². The van der Waals surface area contributed by atoms with Gasteiger partial charge in [0.25, 0.3) is 0 Å². The van der Waals surface area contributed by atoms with Crippen LogP contribution in [0, 0.1) is 34.0 Å². The molecule has 1 N–H and O–H groups in total. The lowest BCUT2D eigenvalue weighted by atomic mass is 9.53. The van der Waals surface area contributed by atoms with Crippen LogP contribution < -0.4 is 9.47 Å². The summed E-state index contributed by atoms with van der Waals surface area (Å²) < 4.78 is 10.6. The number of hydrogen-bond acceptors (Lipinski definition) is 7. The lowest BCUT2D eigenvalue weighted by Crippen LogP contribution is -2.60. The van der Waals surface area contributed by atoms with Crippen LogP contribution in [0.3, 0.4) is 0 Å². The van der Waals surface area contributed by atoms with Crippen molar-refractivity contribution in [3.8, 4) is 17.8 Å². The number of halogens is 1. The summed E-state index contributed by atoms with van der Waals surface area (Å²) >= 11 is 8.26. The van der Waals surface area contributed by atoms with E-state index in [4.69, 9.17) is 21.1 Å². The second kappa shape index (κ2) is 11.4. The Morgan fingerprint density at radius 2 is 1.73 bits per heavy atom. The van der Waals surface area contributed by atoms with Gasteiger partial charge in [-0.25, -0.2) is 0 Å². The molecule has 0 saturated carbocycles. The van der Waals surface area contributed by atoms with Crippen molar-refractivity contribution in [2.24, 2.45) is 22.7 Å². The summed E-state index contributed by atoms with van der Waals surface area (Å²) in [7, 11) is 2.98. The highest BCUT2D eigenvalue weighted by Gasteiger charge is 2.63. The van der Waals surface area contributed by atoms with Crippen LogP contribution in [0.4, 0.5) is 0 Å². The number of nitriles is 1. The van der Waals surface area contributed by atoms with Crippen LogP contribution in [0.5, 0.6) is 11.8 Å². The van der Waals surface area contributed by atoms with E-state index in [1.807, 2.05) is 0 Å². The van der Waals surface area contributed by atoms with Gasteiger partial charge in [-0.2, -0.15) is 15.2 Å². The van der Waals surface area contributed by atoms with E-state index in [0.717, 1.165) is 25.7 Å². The van der Waals surface area contributed by atoms with Gasteiger partial charge in [0.15, 0.2) is 10.6 Å². The molecule has 1 aromatic rings. The number of aromatic nitrogens is 2. The minimum Gasteiger partial charge on any atom is -0.481 e. The second-order valence-electron chi connectivity index (χ2n) is 8.66. The van der Waals surface area contributed by atoms with E-state index in [9.17, 15) is 15.2 Å². The number of carboxylic acids is 1. The Bertz CT molecular complexity index is 872. The largest absolute Gasteiger partial charge is 0.481 e. The lowest BCUT2D eigenvalue weighted by Gasteiger charge is -2.56. The van der Waals surface area contributed by atoms with Gasteiger partial charge in [0.05, 0.1) is 37.0 Å². The van der Waals surface area contributed by atoms with E-state index < -0.39 is 27.4 Å². The molecule has 1 aliphatic carbocycles. The van der Waals surface area contributed by atoms with Crippen molar-refractivity contribution in [2.45, 2.75) is 69.2 Å². The Hall–Kier alpha value is -1.98. The number of carboxylic acid groups (broad SMARTS) is 1. The van der Waals surface area contributed by atoms with Gasteiger partial charge in [0.1, 0.15) is 0 Å². The normalized spacial score (nSPS) is 28.5. The summed E-state index contributed by atoms with van der Waals surface area (Å²) in [6.45, 7) is 8.44. The standard InChI is InChI=1S/C24H34ClN3O4S/c1-7-9-15(3)24(16(4)10-8-2)17(25)11-12-23(14-26,21(29)30)20(24)33-22-27-18(31-5)13-19(28-22)32-6/h11-13,15-17,20H,7-10H2,1-6H3,(H,29,30). The summed E-state index contributed by atoms with van der Waals surface area (Å²) in [6, 6.07) is 3.68. The first kappa shape index (κ1) is 27.3. The van der Waals surface area contributed by atoms with E-state index >= 15 is 0 Å². The van der Waals surface area contributed by atoms with Crippen LogP contribution in [0.15, 0.2) is 23.4 Å². The number of ether oxygens (including phenoxy) is 2. The smallest absolute Gasteiger partial charge is 0.329 e. The fourth-order valence-electron chi connectivity index (χ4n) is 5.21. The predicted molar refractivity (Wildman–Crippen MR) is 130 cm³/mol. The van der Waals surface area contributed by atoms with Gasteiger partial charge in [-0.05, 0) is 11.8 Å². The van der Waals surface area contributed by atoms with E-state index in [1.165, 1.54) is 32.1 Å². The molecule has 33 heavy (non-hydrogen) atoms. The van der Waals surface area contributed by atoms with Crippen LogP contribution in [-0.4, -0.2) is 45.9 Å². The van der Waals surface area contributed by atoms with Gasteiger partial charge >= 0.3 is 5.97 Å². The second-order valence-corrected chi connectivity index (χ2v) is 10.2. The quantitative estimate of drug-likeness (QED) is 0.241. The van der Waals surface area contributed by atoms with Gasteiger partial charge in [0.2, 0.25) is 11.8 Å². The molecule has 5 atom stereocenters. The van der Waals surface area contributed by atoms with Crippen LogP contribution in [0.2, 0.25) is 0 Å². The molecule has 0 amide bonds. The van der Waals surface area contributed by atoms with Crippen molar-refractivity contribution in [3.05, 3.63) is 18.2 Å². The third-order valence-corrected chi connectivity index (χ3v) is 8.80. The number of hydrogen-bond donors (Lipinski definition) is 1. The Morgan fingerprint density at radius 3 is 2.12 bits per heavy atom. The summed E-state index contributed by atoms with van der Waals surface area (Å²) in [5.74, 6) is -0.509. The zero-order valence-corrected chi connectivity index (χ0v) is 21.7. The maximum absolute atomic E-state index is 12.7. The number of carbonyl (C=O) groups is 1. The molecule has 1 aromatic heterocycles. The molecule has 2 rings (SSSR count). The monoisotopic (exact) mass is 495 g/mol. The number of methoxy groups -OCH3 is 2. The molecule has 1 aliphatic rings. The minimum absolute atomic E-state index is 0.0496. The molecular weight excluding hydrogens is 462 g/mol. The topological polar surface area (TPSA) is 105 Å². The fourth-order valence-corrected chi connectivity index (χ4v) is 7.65. The third kappa shape index (κ3) is 4.95. The maximum Gasteiger partial charge on any atom is 0.329 e. The lowest BCUT2D eigenvalue weighted by molar-refractivity contribution is -0.145. The summed E-state index contributed by atoms with van der Waals surface area (Å²) in [5, 5.41) is 19.7. The predicted octanol–water partition coefficient (Wildman–Crippen LogP) is 5.59. The molecule has 0 bridgehead atoms. The van der Waals surface area contributed by atoms with E-state index in [2.05, 4.69) is 43.7 Å². The van der Waals surface area contributed by atoms with E-state index in [0.29, 0.717) is 11.8 Å². The molecule has 182 valence electrons. The summed E-state index contributed by atoms with van der Waals surface area (Å²) in [6.07, 6.45) is 6.71. The zero-order chi connectivity index (χ0) is 24.8. The minimum atomic E-state index is -1.79. The number of alkyl halides is 1. The summed E-state index contributed by atoms with van der Waals surface area (Å²) in [5.41, 5.74) is -2.49. The Balaban J connectivity index is 2.83. The van der Waals surface area contributed by atoms with Crippen LogP contribution >= 0.6 is 23.4 Å². The van der Waals surface area contributed by atoms with Gasteiger partial charge in [0, 0.05) is 5.41 Å². The molecule has 0 aliphatic heterocycles. The van der Waals surface area contributed by atoms with Crippen molar-refractivity contribution in [1.82, 2.24) is 9.97 Å². The number of rotatable bonds is 11. The van der Waals surface area contributed by atoms with Gasteiger partial charge in [-0.15, -0.1) is 11.6 Å². The molecule has 9 heteroatoms. The average Bonchev–Trinajstić information content (AvgIpc) is 2.79. The van der Waals surface area contributed by atoms with E-state index in [-0.39, 0.29) is 17.0 Å². The third-order valence-electron chi connectivity index (χ3n) is 6.86. The van der Waals surface area contributed by atoms with Crippen molar-refractivity contribution >= 4 is 29.3 Å². The Morgan fingerprint density at radius 1 is 1.21 bits per heavy atom. The van der Waals surface area contributed by atoms with Crippen molar-refractivity contribution in [1.29, 1.82) is 5.26 Å². The number of allylic oxidation sites excluding steroid dienone is 1. The summed E-state index contributed by atoms with van der Waals surface area (Å²) in [4.78, 5) is 21.6. The molecular formula is C24H34ClN3O4S. The average molecular weight is 496 g/mol. The molecule has 0 spiro atoms. The Kier molecular flexibility index (Phi) is 9.45. The SMILES string of the molecule is CCCC(C)C1(C(C)CCC)C(Cl)C=CC(C#N)(C(=O)O)C1Sc1nc(OC)cc(OC)n1. The highest BCUT2D eigenvalue weighted by molar-refractivity contribution is 7.99. The molecule has 7 nitrogen and oxygen atoms in total. The van der Waals surface area contributed by atoms with Crippen molar-refractivity contribution < 1.29 is 19.4 Å². The number of nitrogens with zero attached hydrogens (tertiary/aromatic N) is 3. The Labute approximate surface area is 205 Å². The molecule has 0 fully saturated rings. The molecule has 1 heterocycles. The van der Waals surface area contributed by atoms with Crippen LogP contribution in [0.25, 0.3) is 0 Å². The molecule has 5 unspecified atom stereocenters.